The van der Waals surface area contributed by atoms with Crippen LogP contribution in [0, 0.1) is 13.8 Å². The minimum atomic E-state index is -0.349. The summed E-state index contributed by atoms with van der Waals surface area (Å²) in [5, 5.41) is 3.16. The van der Waals surface area contributed by atoms with Crippen molar-refractivity contribution in [2.24, 2.45) is 5.73 Å². The molecular formula is C11H17N5O. The lowest BCUT2D eigenvalue weighted by atomic mass is 10.1. The zero-order chi connectivity index (χ0) is 12.4. The van der Waals surface area contributed by atoms with Crippen molar-refractivity contribution in [1.29, 1.82) is 0 Å². The monoisotopic (exact) mass is 235 g/mol. The number of primary amides is 1. The van der Waals surface area contributed by atoms with E-state index in [2.05, 4.69) is 15.3 Å². The van der Waals surface area contributed by atoms with Crippen LogP contribution in [-0.4, -0.2) is 41.6 Å². The van der Waals surface area contributed by atoms with Gasteiger partial charge in [-0.3, -0.25) is 9.78 Å². The predicted octanol–water partition coefficient (Wildman–Crippen LogP) is -0.643. The highest BCUT2D eigenvalue weighted by molar-refractivity contribution is 5.84. The zero-order valence-electron chi connectivity index (χ0n) is 10.1. The Balaban J connectivity index is 2.35. The molecule has 2 rings (SSSR count). The zero-order valence-corrected chi connectivity index (χ0v) is 10.1. The molecule has 2 heterocycles. The normalized spacial score (nSPS) is 20.4. The minimum absolute atomic E-state index is 0.333. The fourth-order valence-corrected chi connectivity index (χ4v) is 2.01. The highest BCUT2D eigenvalue weighted by atomic mass is 16.1. The molecule has 0 aliphatic carbocycles. The van der Waals surface area contributed by atoms with Crippen LogP contribution < -0.4 is 16.0 Å². The number of hydrogen-bond acceptors (Lipinski definition) is 5. The Hall–Kier alpha value is -1.69. The molecule has 1 aromatic rings. The van der Waals surface area contributed by atoms with Crippen LogP contribution in [0.3, 0.4) is 0 Å². The van der Waals surface area contributed by atoms with Gasteiger partial charge in [0.2, 0.25) is 5.91 Å². The quantitative estimate of drug-likeness (QED) is 0.712. The first-order valence-corrected chi connectivity index (χ1v) is 5.66. The van der Waals surface area contributed by atoms with Crippen molar-refractivity contribution >= 4 is 11.7 Å². The summed E-state index contributed by atoms with van der Waals surface area (Å²) in [6.07, 6.45) is 1.72. The summed E-state index contributed by atoms with van der Waals surface area (Å²) in [6.45, 7) is 5.87. The van der Waals surface area contributed by atoms with Gasteiger partial charge in [0.05, 0.1) is 11.4 Å². The molecule has 1 aromatic heterocycles. The lowest BCUT2D eigenvalue weighted by Gasteiger charge is -2.35. The lowest BCUT2D eigenvalue weighted by molar-refractivity contribution is -0.119. The molecule has 1 unspecified atom stereocenters. The van der Waals surface area contributed by atoms with Crippen molar-refractivity contribution in [3.63, 3.8) is 0 Å². The second kappa shape index (κ2) is 4.67. The summed E-state index contributed by atoms with van der Waals surface area (Å²) in [5.74, 6) is 0.426. The first-order valence-electron chi connectivity index (χ1n) is 5.66. The maximum absolute atomic E-state index is 11.4. The minimum Gasteiger partial charge on any atom is -0.368 e. The average molecular weight is 235 g/mol. The topological polar surface area (TPSA) is 84.1 Å². The van der Waals surface area contributed by atoms with E-state index in [4.69, 9.17) is 5.73 Å². The smallest absolute Gasteiger partial charge is 0.241 e. The average Bonchev–Trinajstić information content (AvgIpc) is 2.32. The molecule has 1 atom stereocenters. The standard InChI is InChI=1S/C11H17N5O/c1-7-5-14-8(2)11(15-7)16-4-3-13-6-9(16)10(12)17/h5,9,13H,3-4,6H2,1-2H3,(H2,12,17). The van der Waals surface area contributed by atoms with Gasteiger partial charge < -0.3 is 16.0 Å². The number of nitrogens with zero attached hydrogens (tertiary/aromatic N) is 3. The molecule has 1 amide bonds. The molecule has 1 saturated heterocycles. The van der Waals surface area contributed by atoms with Crippen LogP contribution in [0.5, 0.6) is 0 Å². The number of carbonyl (C=O) groups excluding carboxylic acids is 1. The van der Waals surface area contributed by atoms with E-state index in [1.165, 1.54) is 0 Å². The number of nitrogens with one attached hydrogen (secondary N) is 1. The van der Waals surface area contributed by atoms with Crippen LogP contribution in [0.15, 0.2) is 6.20 Å². The van der Waals surface area contributed by atoms with E-state index in [1.54, 1.807) is 6.20 Å². The Morgan fingerprint density at radius 2 is 2.35 bits per heavy atom. The Morgan fingerprint density at radius 3 is 3.06 bits per heavy atom. The summed E-state index contributed by atoms with van der Waals surface area (Å²) in [5.41, 5.74) is 7.08. The summed E-state index contributed by atoms with van der Waals surface area (Å²) in [4.78, 5) is 22.1. The van der Waals surface area contributed by atoms with Gasteiger partial charge in [-0.2, -0.15) is 0 Å². The van der Waals surface area contributed by atoms with E-state index in [-0.39, 0.29) is 11.9 Å². The Morgan fingerprint density at radius 1 is 1.59 bits per heavy atom. The Bertz CT molecular complexity index is 434. The first kappa shape index (κ1) is 11.8. The molecule has 0 aromatic carbocycles. The van der Waals surface area contributed by atoms with Gasteiger partial charge in [0.25, 0.3) is 0 Å². The molecule has 17 heavy (non-hydrogen) atoms. The predicted molar refractivity (Wildman–Crippen MR) is 64.7 cm³/mol. The van der Waals surface area contributed by atoms with Crippen molar-refractivity contribution in [2.45, 2.75) is 19.9 Å². The summed E-state index contributed by atoms with van der Waals surface area (Å²) in [6, 6.07) is -0.349. The van der Waals surface area contributed by atoms with Gasteiger partial charge in [0.1, 0.15) is 6.04 Å². The maximum atomic E-state index is 11.4. The number of aryl methyl sites for hydroxylation is 2. The van der Waals surface area contributed by atoms with E-state index in [1.807, 2.05) is 18.7 Å². The molecular weight excluding hydrogens is 218 g/mol. The van der Waals surface area contributed by atoms with Gasteiger partial charge >= 0.3 is 0 Å². The highest BCUT2D eigenvalue weighted by Crippen LogP contribution is 2.19. The second-order valence-corrected chi connectivity index (χ2v) is 4.24. The highest BCUT2D eigenvalue weighted by Gasteiger charge is 2.29. The molecule has 6 heteroatoms. The molecule has 0 spiro atoms. The van der Waals surface area contributed by atoms with E-state index in [0.29, 0.717) is 13.1 Å². The molecule has 3 N–H and O–H groups in total. The summed E-state index contributed by atoms with van der Waals surface area (Å²) < 4.78 is 0. The molecule has 0 saturated carbocycles. The third-order valence-electron chi connectivity index (χ3n) is 2.89. The van der Waals surface area contributed by atoms with Crippen LogP contribution in [0.4, 0.5) is 5.82 Å². The number of anilines is 1. The number of piperazine rings is 1. The number of nitrogens with two attached hydrogens (primary N) is 1. The molecule has 6 nitrogen and oxygen atoms in total. The molecule has 0 bridgehead atoms. The van der Waals surface area contributed by atoms with E-state index >= 15 is 0 Å². The third kappa shape index (κ3) is 2.36. The van der Waals surface area contributed by atoms with Crippen LogP contribution in [0.1, 0.15) is 11.4 Å². The molecule has 1 aliphatic rings. The fourth-order valence-electron chi connectivity index (χ4n) is 2.01. The molecule has 1 aliphatic heterocycles. The van der Waals surface area contributed by atoms with Crippen LogP contribution in [0.25, 0.3) is 0 Å². The van der Waals surface area contributed by atoms with Crippen molar-refractivity contribution < 1.29 is 4.79 Å². The van der Waals surface area contributed by atoms with Crippen molar-refractivity contribution in [2.75, 3.05) is 24.5 Å². The lowest BCUT2D eigenvalue weighted by Crippen LogP contribution is -2.57. The van der Waals surface area contributed by atoms with Gasteiger partial charge in [0.15, 0.2) is 5.82 Å². The van der Waals surface area contributed by atoms with Crippen LogP contribution in [-0.2, 0) is 4.79 Å². The molecule has 92 valence electrons. The number of aromatic nitrogens is 2. The van der Waals surface area contributed by atoms with Crippen molar-refractivity contribution in [1.82, 2.24) is 15.3 Å². The number of carbonyl (C=O) groups is 1. The number of hydrogen-bond donors (Lipinski definition) is 2. The maximum Gasteiger partial charge on any atom is 0.241 e. The van der Waals surface area contributed by atoms with E-state index in [9.17, 15) is 4.79 Å². The van der Waals surface area contributed by atoms with E-state index < -0.39 is 0 Å². The fraction of sp³-hybridized carbons (Fsp3) is 0.545. The molecule has 1 fully saturated rings. The van der Waals surface area contributed by atoms with Gasteiger partial charge in [-0.25, -0.2) is 4.98 Å². The summed E-state index contributed by atoms with van der Waals surface area (Å²) >= 11 is 0. The van der Waals surface area contributed by atoms with Gasteiger partial charge in [-0.15, -0.1) is 0 Å². The number of rotatable bonds is 2. The molecule has 0 radical (unpaired) electrons. The van der Waals surface area contributed by atoms with Gasteiger partial charge in [0, 0.05) is 25.8 Å². The second-order valence-electron chi connectivity index (χ2n) is 4.24. The third-order valence-corrected chi connectivity index (χ3v) is 2.89. The van der Waals surface area contributed by atoms with Crippen molar-refractivity contribution in [3.05, 3.63) is 17.6 Å². The largest absolute Gasteiger partial charge is 0.368 e. The first-order chi connectivity index (χ1) is 8.09. The Labute approximate surface area is 100 Å². The SMILES string of the molecule is Cc1cnc(C)c(N2CCNCC2C(N)=O)n1. The van der Waals surface area contributed by atoms with Crippen LogP contribution >= 0.6 is 0 Å². The van der Waals surface area contributed by atoms with Gasteiger partial charge in [-0.1, -0.05) is 0 Å². The van der Waals surface area contributed by atoms with E-state index in [0.717, 1.165) is 23.8 Å². The Kier molecular flexibility index (Phi) is 3.23. The summed E-state index contributed by atoms with van der Waals surface area (Å²) in [7, 11) is 0. The number of amides is 1. The van der Waals surface area contributed by atoms with Crippen molar-refractivity contribution in [3.8, 4) is 0 Å². The van der Waals surface area contributed by atoms with Gasteiger partial charge in [-0.05, 0) is 13.8 Å². The van der Waals surface area contributed by atoms with Crippen LogP contribution in [0.2, 0.25) is 0 Å².